The Morgan fingerprint density at radius 3 is 1.96 bits per heavy atom. The quantitative estimate of drug-likeness (QED) is 0.386. The molecule has 0 aliphatic carbocycles. The highest BCUT2D eigenvalue weighted by Crippen LogP contribution is 2.26. The van der Waals surface area contributed by atoms with E-state index in [0.29, 0.717) is 3.57 Å². The predicted molar refractivity (Wildman–Crippen MR) is 108 cm³/mol. The highest BCUT2D eigenvalue weighted by Gasteiger charge is 2.09. The van der Waals surface area contributed by atoms with Crippen molar-refractivity contribution in [3.8, 4) is 34.8 Å². The third-order valence-electron chi connectivity index (χ3n) is 3.81. The Morgan fingerprint density at radius 1 is 0.885 bits per heavy atom. The van der Waals surface area contributed by atoms with Crippen molar-refractivity contribution in [1.82, 2.24) is 0 Å². The summed E-state index contributed by atoms with van der Waals surface area (Å²) in [6.07, 6.45) is 0. The van der Waals surface area contributed by atoms with Gasteiger partial charge < -0.3 is 4.74 Å². The zero-order valence-electron chi connectivity index (χ0n) is 13.9. The second kappa shape index (κ2) is 8.03. The maximum atomic E-state index is 14.0. The molecule has 0 fully saturated rings. The molecule has 3 aromatic carbocycles. The fourth-order valence-electron chi connectivity index (χ4n) is 2.41. The first-order chi connectivity index (χ1) is 12.6. The molecule has 3 rings (SSSR count). The van der Waals surface area contributed by atoms with Crippen molar-refractivity contribution < 1.29 is 9.13 Å². The summed E-state index contributed by atoms with van der Waals surface area (Å²) < 4.78 is 19.7. The summed E-state index contributed by atoms with van der Waals surface area (Å²) in [6, 6.07) is 20.2. The Kier molecular flexibility index (Phi) is 5.55. The van der Waals surface area contributed by atoms with E-state index < -0.39 is 5.82 Å². The van der Waals surface area contributed by atoms with Crippen molar-refractivity contribution >= 4 is 22.6 Å². The topological polar surface area (TPSA) is 33.0 Å². The first kappa shape index (κ1) is 18.0. The first-order valence-electron chi connectivity index (χ1n) is 7.76. The molecule has 0 aliphatic rings. The summed E-state index contributed by atoms with van der Waals surface area (Å²) in [5.41, 5.74) is 3.46. The lowest BCUT2D eigenvalue weighted by molar-refractivity contribution is 0.415. The molecule has 0 saturated heterocycles. The van der Waals surface area contributed by atoms with Gasteiger partial charge >= 0.3 is 0 Å². The largest absolute Gasteiger partial charge is 0.497 e. The van der Waals surface area contributed by atoms with E-state index in [-0.39, 0.29) is 5.56 Å². The summed E-state index contributed by atoms with van der Waals surface area (Å²) >= 11 is 1.98. The van der Waals surface area contributed by atoms with E-state index in [1.807, 2.05) is 77.2 Å². The highest BCUT2D eigenvalue weighted by molar-refractivity contribution is 14.1. The smallest absolute Gasteiger partial charge is 0.142 e. The van der Waals surface area contributed by atoms with Gasteiger partial charge in [-0.2, -0.15) is 5.26 Å². The number of hydrogen-bond donors (Lipinski definition) is 0. The maximum Gasteiger partial charge on any atom is 0.142 e. The second-order valence-corrected chi connectivity index (χ2v) is 6.64. The molecule has 0 unspecified atom stereocenters. The van der Waals surface area contributed by atoms with E-state index in [1.165, 1.54) is 6.07 Å². The molecule has 4 heteroatoms. The molecule has 0 spiro atoms. The molecule has 26 heavy (non-hydrogen) atoms. The molecule has 0 radical (unpaired) electrons. The molecule has 0 N–H and O–H groups in total. The molecule has 2 nitrogen and oxygen atoms in total. The van der Waals surface area contributed by atoms with Crippen molar-refractivity contribution in [2.45, 2.75) is 0 Å². The normalized spacial score (nSPS) is 9.77. The summed E-state index contributed by atoms with van der Waals surface area (Å²) in [6.45, 7) is 0. The van der Waals surface area contributed by atoms with Crippen molar-refractivity contribution in [2.24, 2.45) is 0 Å². The zero-order valence-corrected chi connectivity index (χ0v) is 16.0. The van der Waals surface area contributed by atoms with E-state index >= 15 is 0 Å². The van der Waals surface area contributed by atoms with Gasteiger partial charge in [0.1, 0.15) is 23.2 Å². The Morgan fingerprint density at radius 2 is 1.46 bits per heavy atom. The van der Waals surface area contributed by atoms with E-state index in [4.69, 9.17) is 10.00 Å². The van der Waals surface area contributed by atoms with Gasteiger partial charge in [-0.25, -0.2) is 4.39 Å². The van der Waals surface area contributed by atoms with Crippen molar-refractivity contribution in [1.29, 1.82) is 5.26 Å². The Bertz CT molecular complexity index is 1020. The van der Waals surface area contributed by atoms with Crippen LogP contribution in [-0.4, -0.2) is 7.11 Å². The van der Waals surface area contributed by atoms with Crippen LogP contribution >= 0.6 is 22.6 Å². The monoisotopic (exact) mass is 453 g/mol. The molecule has 0 amide bonds. The van der Waals surface area contributed by atoms with Crippen LogP contribution in [-0.2, 0) is 0 Å². The highest BCUT2D eigenvalue weighted by atomic mass is 127. The average Bonchev–Trinajstić information content (AvgIpc) is 2.67. The molecule has 0 bridgehead atoms. The van der Waals surface area contributed by atoms with Gasteiger partial charge in [0.25, 0.3) is 0 Å². The van der Waals surface area contributed by atoms with Gasteiger partial charge in [-0.15, -0.1) is 0 Å². The number of benzene rings is 3. The van der Waals surface area contributed by atoms with Crippen LogP contribution < -0.4 is 4.74 Å². The minimum atomic E-state index is -0.502. The van der Waals surface area contributed by atoms with Crippen LogP contribution in [0.3, 0.4) is 0 Å². The minimum absolute atomic E-state index is 0.0799. The second-order valence-electron chi connectivity index (χ2n) is 5.48. The number of nitriles is 1. The summed E-state index contributed by atoms with van der Waals surface area (Å²) in [4.78, 5) is 0. The van der Waals surface area contributed by atoms with E-state index in [2.05, 4.69) is 11.8 Å². The molecule has 0 aromatic heterocycles. The lowest BCUT2D eigenvalue weighted by atomic mass is 10.0. The van der Waals surface area contributed by atoms with Gasteiger partial charge in [-0.3, -0.25) is 0 Å². The number of halogens is 2. The number of hydrogen-bond acceptors (Lipinski definition) is 2. The lowest BCUT2D eigenvalue weighted by Gasteiger charge is -2.05. The zero-order chi connectivity index (χ0) is 18.5. The fraction of sp³-hybridized carbons (Fsp3) is 0.0455. The van der Waals surface area contributed by atoms with Gasteiger partial charge in [-0.1, -0.05) is 24.0 Å². The van der Waals surface area contributed by atoms with Gasteiger partial charge in [0.15, 0.2) is 0 Å². The maximum absolute atomic E-state index is 14.0. The van der Waals surface area contributed by atoms with Crippen molar-refractivity contribution in [2.75, 3.05) is 7.11 Å². The molecule has 0 aliphatic heterocycles. The fourth-order valence-corrected chi connectivity index (χ4v) is 3.13. The third kappa shape index (κ3) is 4.04. The van der Waals surface area contributed by atoms with Crippen LogP contribution in [0.4, 0.5) is 4.39 Å². The molecule has 0 saturated carbocycles. The Labute approximate surface area is 165 Å². The molecular weight excluding hydrogens is 440 g/mol. The molecule has 3 aromatic rings. The van der Waals surface area contributed by atoms with Gasteiger partial charge in [-0.05, 0) is 82.2 Å². The summed E-state index contributed by atoms with van der Waals surface area (Å²) in [7, 11) is 1.63. The number of methoxy groups -OCH3 is 1. The van der Waals surface area contributed by atoms with E-state index in [9.17, 15) is 4.39 Å². The standard InChI is InChI=1S/C22H13FINO/c1-26-19-10-6-16(7-11-19)3-2-15-4-8-17(9-5-15)18-12-21(23)20(14-25)22(24)13-18/h4-13H,1H3. The number of nitrogens with zero attached hydrogens (tertiary/aromatic N) is 1. The SMILES string of the molecule is COc1ccc(C#Cc2ccc(-c3cc(F)c(C#N)c(I)c3)cc2)cc1. The third-order valence-corrected chi connectivity index (χ3v) is 4.66. The molecular formula is C22H13FINO. The van der Waals surface area contributed by atoms with Gasteiger partial charge in [0.2, 0.25) is 0 Å². The number of ether oxygens (including phenoxy) is 1. The molecule has 0 atom stereocenters. The van der Waals surface area contributed by atoms with E-state index in [0.717, 1.165) is 28.0 Å². The first-order valence-corrected chi connectivity index (χ1v) is 8.84. The van der Waals surface area contributed by atoms with Crippen molar-refractivity contribution in [3.05, 3.63) is 86.7 Å². The molecule has 0 heterocycles. The van der Waals surface area contributed by atoms with Crippen LogP contribution in [0, 0.1) is 32.6 Å². The lowest BCUT2D eigenvalue weighted by Crippen LogP contribution is -1.91. The molecule has 126 valence electrons. The van der Waals surface area contributed by atoms with Crippen LogP contribution in [0.15, 0.2) is 60.7 Å². The number of rotatable bonds is 2. The predicted octanol–water partition coefficient (Wildman–Crippen LogP) is 5.38. The van der Waals surface area contributed by atoms with Gasteiger partial charge in [0, 0.05) is 14.7 Å². The minimum Gasteiger partial charge on any atom is -0.497 e. The van der Waals surface area contributed by atoms with Gasteiger partial charge in [0.05, 0.1) is 7.11 Å². The van der Waals surface area contributed by atoms with Crippen LogP contribution in [0.2, 0.25) is 0 Å². The Hall–Kier alpha value is -2.83. The Balaban J connectivity index is 1.83. The summed E-state index contributed by atoms with van der Waals surface area (Å²) in [5, 5.41) is 8.96. The van der Waals surface area contributed by atoms with Crippen LogP contribution in [0.1, 0.15) is 16.7 Å². The van der Waals surface area contributed by atoms with E-state index in [1.54, 1.807) is 13.2 Å². The van der Waals surface area contributed by atoms with Crippen molar-refractivity contribution in [3.63, 3.8) is 0 Å². The average molecular weight is 453 g/mol. The van der Waals surface area contributed by atoms with Crippen LogP contribution in [0.25, 0.3) is 11.1 Å². The summed E-state index contributed by atoms with van der Waals surface area (Å²) in [5.74, 6) is 6.50. The van der Waals surface area contributed by atoms with Crippen LogP contribution in [0.5, 0.6) is 5.75 Å².